The van der Waals surface area contributed by atoms with Gasteiger partial charge in [0.1, 0.15) is 11.6 Å². The zero-order valence-electron chi connectivity index (χ0n) is 9.83. The highest BCUT2D eigenvalue weighted by Gasteiger charge is 2.15. The van der Waals surface area contributed by atoms with Gasteiger partial charge in [-0.2, -0.15) is 0 Å². The Morgan fingerprint density at radius 2 is 2.17 bits per heavy atom. The number of nitrogens with zero attached hydrogens (tertiary/aromatic N) is 3. The van der Waals surface area contributed by atoms with Crippen molar-refractivity contribution in [3.63, 3.8) is 0 Å². The average Bonchev–Trinajstić information content (AvgIpc) is 2.73. The van der Waals surface area contributed by atoms with Crippen molar-refractivity contribution in [2.45, 2.75) is 25.2 Å². The van der Waals surface area contributed by atoms with Gasteiger partial charge in [-0.1, -0.05) is 34.5 Å². The third kappa shape index (κ3) is 2.57. The minimum atomic E-state index is -0.356. The Hall–Kier alpha value is -0.940. The van der Waals surface area contributed by atoms with Crippen LogP contribution in [0.25, 0.3) is 11.4 Å². The maximum Gasteiger partial charge on any atom is 0.165 e. The van der Waals surface area contributed by atoms with Gasteiger partial charge < -0.3 is 4.57 Å². The van der Waals surface area contributed by atoms with E-state index in [1.54, 1.807) is 6.07 Å². The minimum absolute atomic E-state index is 0.348. The third-order valence-corrected chi connectivity index (χ3v) is 3.38. The SMILES string of the molecule is CCCn1c(CBr)nnc1-c1ccc(F)cc1Cl. The van der Waals surface area contributed by atoms with Crippen molar-refractivity contribution in [1.29, 1.82) is 0 Å². The maximum absolute atomic E-state index is 13.0. The molecule has 0 spiro atoms. The van der Waals surface area contributed by atoms with Crippen LogP contribution in [-0.2, 0) is 11.9 Å². The van der Waals surface area contributed by atoms with Crippen molar-refractivity contribution in [2.75, 3.05) is 0 Å². The fourth-order valence-electron chi connectivity index (χ4n) is 1.76. The Morgan fingerprint density at radius 3 is 2.78 bits per heavy atom. The highest BCUT2D eigenvalue weighted by Crippen LogP contribution is 2.28. The van der Waals surface area contributed by atoms with Gasteiger partial charge in [0.05, 0.1) is 10.4 Å². The van der Waals surface area contributed by atoms with Crippen molar-refractivity contribution >= 4 is 27.5 Å². The molecule has 0 atom stereocenters. The van der Waals surface area contributed by atoms with E-state index in [0.29, 0.717) is 21.7 Å². The van der Waals surface area contributed by atoms with Crippen LogP contribution in [0, 0.1) is 5.82 Å². The standard InChI is InChI=1S/C12H12BrClFN3/c1-2-5-18-11(7-13)16-17-12(18)9-4-3-8(15)6-10(9)14/h3-4,6H,2,5,7H2,1H3. The van der Waals surface area contributed by atoms with Crippen molar-refractivity contribution in [2.24, 2.45) is 0 Å². The van der Waals surface area contributed by atoms with Gasteiger partial charge in [0.2, 0.25) is 0 Å². The summed E-state index contributed by atoms with van der Waals surface area (Å²) in [5.74, 6) is 1.16. The predicted octanol–water partition coefficient (Wildman–Crippen LogP) is 4.04. The Labute approximate surface area is 118 Å². The molecule has 2 aromatic rings. The van der Waals surface area contributed by atoms with E-state index in [-0.39, 0.29) is 5.82 Å². The van der Waals surface area contributed by atoms with Gasteiger partial charge in [0.25, 0.3) is 0 Å². The highest BCUT2D eigenvalue weighted by atomic mass is 79.9. The van der Waals surface area contributed by atoms with E-state index in [4.69, 9.17) is 11.6 Å². The molecule has 0 bridgehead atoms. The number of hydrogen-bond acceptors (Lipinski definition) is 2. The van der Waals surface area contributed by atoms with E-state index in [1.165, 1.54) is 12.1 Å². The lowest BCUT2D eigenvalue weighted by molar-refractivity contribution is 0.627. The van der Waals surface area contributed by atoms with Crippen LogP contribution < -0.4 is 0 Å². The van der Waals surface area contributed by atoms with Gasteiger partial charge in [-0.25, -0.2) is 4.39 Å². The van der Waals surface area contributed by atoms with Crippen molar-refractivity contribution in [3.8, 4) is 11.4 Å². The molecule has 0 radical (unpaired) electrons. The summed E-state index contributed by atoms with van der Waals surface area (Å²) in [7, 11) is 0. The summed E-state index contributed by atoms with van der Waals surface area (Å²) in [5, 5.41) is 9.22. The molecule has 0 aliphatic rings. The first-order valence-corrected chi connectivity index (χ1v) is 7.10. The Balaban J connectivity index is 2.52. The van der Waals surface area contributed by atoms with Gasteiger partial charge in [-0.15, -0.1) is 10.2 Å². The second-order valence-corrected chi connectivity index (χ2v) is 4.82. The minimum Gasteiger partial charge on any atom is -0.310 e. The van der Waals surface area contributed by atoms with Crippen molar-refractivity contribution in [3.05, 3.63) is 34.9 Å². The van der Waals surface area contributed by atoms with E-state index in [1.807, 2.05) is 4.57 Å². The molecule has 0 aliphatic heterocycles. The summed E-state index contributed by atoms with van der Waals surface area (Å²) in [6.45, 7) is 2.88. The van der Waals surface area contributed by atoms with Gasteiger partial charge in [0, 0.05) is 12.1 Å². The van der Waals surface area contributed by atoms with Gasteiger partial charge in [-0.3, -0.25) is 0 Å². The van der Waals surface area contributed by atoms with Crippen LogP contribution in [-0.4, -0.2) is 14.8 Å². The number of rotatable bonds is 4. The topological polar surface area (TPSA) is 30.7 Å². The van der Waals surface area contributed by atoms with Crippen LogP contribution in [0.4, 0.5) is 4.39 Å². The lowest BCUT2D eigenvalue weighted by atomic mass is 10.2. The molecule has 0 unspecified atom stereocenters. The summed E-state index contributed by atoms with van der Waals surface area (Å²) in [4.78, 5) is 0. The molecule has 96 valence electrons. The van der Waals surface area contributed by atoms with Crippen molar-refractivity contribution in [1.82, 2.24) is 14.8 Å². The number of benzene rings is 1. The molecule has 0 aliphatic carbocycles. The summed E-state index contributed by atoms with van der Waals surface area (Å²) < 4.78 is 15.0. The molecular weight excluding hydrogens is 321 g/mol. The number of hydrogen-bond donors (Lipinski definition) is 0. The summed E-state index contributed by atoms with van der Waals surface area (Å²) in [6.07, 6.45) is 0.962. The molecule has 2 rings (SSSR count). The first-order chi connectivity index (χ1) is 8.67. The monoisotopic (exact) mass is 331 g/mol. The zero-order chi connectivity index (χ0) is 13.1. The molecule has 0 saturated carbocycles. The molecule has 0 amide bonds. The quantitative estimate of drug-likeness (QED) is 0.791. The average molecular weight is 333 g/mol. The Kier molecular flexibility index (Phi) is 4.35. The molecule has 1 aromatic heterocycles. The largest absolute Gasteiger partial charge is 0.310 e. The maximum atomic E-state index is 13.0. The van der Waals surface area contributed by atoms with Crippen molar-refractivity contribution < 1.29 is 4.39 Å². The fourth-order valence-corrected chi connectivity index (χ4v) is 2.43. The first-order valence-electron chi connectivity index (χ1n) is 5.60. The second-order valence-electron chi connectivity index (χ2n) is 3.85. The van der Waals surface area contributed by atoms with Gasteiger partial charge in [0.15, 0.2) is 5.82 Å². The summed E-state index contributed by atoms with van der Waals surface area (Å²) in [5.41, 5.74) is 0.700. The molecule has 0 fully saturated rings. The van der Waals surface area contributed by atoms with Crippen LogP contribution in [0.1, 0.15) is 19.2 Å². The van der Waals surface area contributed by atoms with E-state index < -0.39 is 0 Å². The van der Waals surface area contributed by atoms with Gasteiger partial charge in [-0.05, 0) is 24.6 Å². The summed E-state index contributed by atoms with van der Waals surface area (Å²) >= 11 is 9.43. The molecule has 0 saturated heterocycles. The smallest absolute Gasteiger partial charge is 0.165 e. The molecule has 3 nitrogen and oxygen atoms in total. The Morgan fingerprint density at radius 1 is 1.39 bits per heavy atom. The number of halogens is 3. The first kappa shape index (κ1) is 13.5. The fraction of sp³-hybridized carbons (Fsp3) is 0.333. The van der Waals surface area contributed by atoms with E-state index in [9.17, 15) is 4.39 Å². The van der Waals surface area contributed by atoms with E-state index in [0.717, 1.165) is 18.8 Å². The van der Waals surface area contributed by atoms with E-state index >= 15 is 0 Å². The zero-order valence-corrected chi connectivity index (χ0v) is 12.2. The number of alkyl halides is 1. The third-order valence-electron chi connectivity index (χ3n) is 2.57. The van der Waals surface area contributed by atoms with Crippen LogP contribution in [0.5, 0.6) is 0 Å². The molecule has 1 aromatic carbocycles. The number of aromatic nitrogens is 3. The van der Waals surface area contributed by atoms with Crippen LogP contribution in [0.15, 0.2) is 18.2 Å². The lowest BCUT2D eigenvalue weighted by Crippen LogP contribution is -2.04. The normalized spacial score (nSPS) is 10.9. The Bertz CT molecular complexity index is 556. The highest BCUT2D eigenvalue weighted by molar-refractivity contribution is 9.08. The molecule has 18 heavy (non-hydrogen) atoms. The molecule has 1 heterocycles. The predicted molar refractivity (Wildman–Crippen MR) is 73.3 cm³/mol. The van der Waals surface area contributed by atoms with Crippen LogP contribution >= 0.6 is 27.5 Å². The lowest BCUT2D eigenvalue weighted by Gasteiger charge is -2.09. The van der Waals surface area contributed by atoms with Crippen LogP contribution in [0.2, 0.25) is 5.02 Å². The van der Waals surface area contributed by atoms with Gasteiger partial charge >= 0.3 is 0 Å². The molecule has 0 N–H and O–H groups in total. The van der Waals surface area contributed by atoms with Crippen LogP contribution in [0.3, 0.4) is 0 Å². The molecular formula is C12H12BrClFN3. The second kappa shape index (κ2) is 5.80. The van der Waals surface area contributed by atoms with E-state index in [2.05, 4.69) is 33.1 Å². The summed E-state index contributed by atoms with van der Waals surface area (Å²) in [6, 6.07) is 4.29. The molecule has 6 heteroatoms.